The zero-order valence-corrected chi connectivity index (χ0v) is 16.5. The van der Waals surface area contributed by atoms with Crippen LogP contribution in [0.3, 0.4) is 0 Å². The lowest BCUT2D eigenvalue weighted by atomic mass is 9.84. The van der Waals surface area contributed by atoms with Gasteiger partial charge < -0.3 is 28.8 Å². The molecule has 2 aromatic rings. The van der Waals surface area contributed by atoms with Crippen LogP contribution in [0.5, 0.6) is 11.5 Å². The standard InChI is InChI=1S/C22H26O6/c1-13-10-17(26-12-14-8-6-5-7-9-14)15(11-16(13)24-3)22(2)20(23)18-19(27-18)21(25-4)28-22/h5-11,18-21,23H,12H2,1-4H3/t18-,19+,20-,21+,22-/m0/s1. The van der Waals surface area contributed by atoms with Gasteiger partial charge in [0.1, 0.15) is 42.0 Å². The molecule has 0 amide bonds. The molecule has 2 aromatic carbocycles. The molecule has 0 bridgehead atoms. The molecule has 0 unspecified atom stereocenters. The number of aryl methyl sites for hydroxylation is 1. The highest BCUT2D eigenvalue weighted by Gasteiger charge is 2.63. The van der Waals surface area contributed by atoms with Crippen molar-refractivity contribution >= 4 is 0 Å². The zero-order chi connectivity index (χ0) is 19.9. The molecule has 1 N–H and O–H groups in total. The minimum absolute atomic E-state index is 0.242. The highest BCUT2D eigenvalue weighted by Crippen LogP contribution is 2.50. The summed E-state index contributed by atoms with van der Waals surface area (Å²) < 4.78 is 28.9. The summed E-state index contributed by atoms with van der Waals surface area (Å²) in [5.74, 6) is 1.34. The van der Waals surface area contributed by atoms with Crippen molar-refractivity contribution in [1.29, 1.82) is 0 Å². The summed E-state index contributed by atoms with van der Waals surface area (Å²) in [7, 11) is 3.19. The normalized spacial score (nSPS) is 31.2. The Morgan fingerprint density at radius 3 is 2.50 bits per heavy atom. The van der Waals surface area contributed by atoms with Crippen LogP contribution in [-0.2, 0) is 26.4 Å². The average Bonchev–Trinajstić information content (AvgIpc) is 3.51. The quantitative estimate of drug-likeness (QED) is 0.770. The van der Waals surface area contributed by atoms with Gasteiger partial charge in [0.25, 0.3) is 0 Å². The van der Waals surface area contributed by atoms with Crippen molar-refractivity contribution in [1.82, 2.24) is 0 Å². The second kappa shape index (κ2) is 7.37. The van der Waals surface area contributed by atoms with Gasteiger partial charge in [-0.2, -0.15) is 0 Å². The molecule has 28 heavy (non-hydrogen) atoms. The molecule has 2 saturated heterocycles. The van der Waals surface area contributed by atoms with E-state index in [1.54, 1.807) is 14.2 Å². The predicted molar refractivity (Wildman–Crippen MR) is 102 cm³/mol. The number of fused-ring (bicyclic) bond motifs is 1. The van der Waals surface area contributed by atoms with Crippen molar-refractivity contribution in [2.45, 2.75) is 50.7 Å². The first-order valence-electron chi connectivity index (χ1n) is 9.38. The third-order valence-electron chi connectivity index (χ3n) is 5.57. The van der Waals surface area contributed by atoms with Gasteiger partial charge >= 0.3 is 0 Å². The number of hydrogen-bond donors (Lipinski definition) is 1. The van der Waals surface area contributed by atoms with Gasteiger partial charge in [-0.15, -0.1) is 0 Å². The van der Waals surface area contributed by atoms with Gasteiger partial charge in [0.05, 0.1) is 7.11 Å². The second-order valence-electron chi connectivity index (χ2n) is 7.43. The molecule has 2 aliphatic heterocycles. The molecular weight excluding hydrogens is 360 g/mol. The van der Waals surface area contributed by atoms with Crippen LogP contribution in [-0.4, -0.2) is 43.9 Å². The maximum atomic E-state index is 10.9. The van der Waals surface area contributed by atoms with Crippen molar-refractivity contribution < 1.29 is 28.8 Å². The minimum atomic E-state index is -1.06. The first-order valence-corrected chi connectivity index (χ1v) is 9.38. The van der Waals surface area contributed by atoms with Crippen LogP contribution in [0.4, 0.5) is 0 Å². The van der Waals surface area contributed by atoms with Crippen molar-refractivity contribution in [2.75, 3.05) is 14.2 Å². The molecule has 5 atom stereocenters. The van der Waals surface area contributed by atoms with Crippen molar-refractivity contribution in [3.8, 4) is 11.5 Å². The molecule has 4 rings (SSSR count). The Balaban J connectivity index is 1.71. The van der Waals surface area contributed by atoms with Gasteiger partial charge in [0, 0.05) is 12.7 Å². The van der Waals surface area contributed by atoms with E-state index in [9.17, 15) is 5.11 Å². The molecule has 0 saturated carbocycles. The van der Waals surface area contributed by atoms with Gasteiger partial charge in [-0.1, -0.05) is 30.3 Å². The number of hydrogen-bond acceptors (Lipinski definition) is 6. The number of benzene rings is 2. The molecular formula is C22H26O6. The molecule has 150 valence electrons. The van der Waals surface area contributed by atoms with Gasteiger partial charge in [-0.3, -0.25) is 0 Å². The number of aliphatic hydroxyl groups is 1. The highest BCUT2D eigenvalue weighted by molar-refractivity contribution is 5.49. The van der Waals surface area contributed by atoms with E-state index in [1.165, 1.54) is 0 Å². The predicted octanol–water partition coefficient (Wildman–Crippen LogP) is 2.93. The Morgan fingerprint density at radius 1 is 1.07 bits per heavy atom. The summed E-state index contributed by atoms with van der Waals surface area (Å²) in [6.45, 7) is 4.19. The van der Waals surface area contributed by atoms with Crippen molar-refractivity contribution in [3.63, 3.8) is 0 Å². The van der Waals surface area contributed by atoms with Crippen LogP contribution < -0.4 is 9.47 Å². The van der Waals surface area contributed by atoms with Gasteiger partial charge in [-0.05, 0) is 37.1 Å². The van der Waals surface area contributed by atoms with E-state index in [2.05, 4.69) is 0 Å². The highest BCUT2D eigenvalue weighted by atomic mass is 16.7. The lowest BCUT2D eigenvalue weighted by molar-refractivity contribution is -0.248. The molecule has 0 spiro atoms. The summed E-state index contributed by atoms with van der Waals surface area (Å²) in [4.78, 5) is 0. The van der Waals surface area contributed by atoms with E-state index in [0.29, 0.717) is 23.7 Å². The van der Waals surface area contributed by atoms with E-state index in [0.717, 1.165) is 11.1 Å². The Labute approximate surface area is 164 Å². The summed E-state index contributed by atoms with van der Waals surface area (Å²) in [5.41, 5.74) is 1.63. The number of aliphatic hydroxyl groups excluding tert-OH is 1. The summed E-state index contributed by atoms with van der Waals surface area (Å²) in [6, 6.07) is 13.7. The Kier molecular flexibility index (Phi) is 5.05. The van der Waals surface area contributed by atoms with Gasteiger partial charge in [0.15, 0.2) is 6.29 Å². The topological polar surface area (TPSA) is 69.7 Å². The first-order chi connectivity index (χ1) is 13.5. The number of ether oxygens (including phenoxy) is 5. The smallest absolute Gasteiger partial charge is 0.187 e. The van der Waals surface area contributed by atoms with Crippen molar-refractivity contribution in [2.24, 2.45) is 0 Å². The fourth-order valence-electron chi connectivity index (χ4n) is 3.83. The lowest BCUT2D eigenvalue weighted by Crippen LogP contribution is -2.52. The third kappa shape index (κ3) is 3.26. The fraction of sp³-hybridized carbons (Fsp3) is 0.455. The first kappa shape index (κ1) is 19.2. The summed E-state index contributed by atoms with van der Waals surface area (Å²) in [5, 5.41) is 10.9. The zero-order valence-electron chi connectivity index (χ0n) is 16.5. The van der Waals surface area contributed by atoms with Crippen LogP contribution in [0.15, 0.2) is 42.5 Å². The Hall–Kier alpha value is -2.12. The van der Waals surface area contributed by atoms with E-state index < -0.39 is 18.0 Å². The molecule has 2 fully saturated rings. The van der Waals surface area contributed by atoms with Crippen molar-refractivity contribution in [3.05, 3.63) is 59.2 Å². The van der Waals surface area contributed by atoms with E-state index in [4.69, 9.17) is 23.7 Å². The Morgan fingerprint density at radius 2 is 1.82 bits per heavy atom. The minimum Gasteiger partial charge on any atom is -0.496 e. The van der Waals surface area contributed by atoms with Crippen LogP contribution >= 0.6 is 0 Å². The van der Waals surface area contributed by atoms with Crippen LogP contribution in [0.2, 0.25) is 0 Å². The molecule has 2 aliphatic rings. The van der Waals surface area contributed by atoms with E-state index in [-0.39, 0.29) is 12.2 Å². The Bertz CT molecular complexity index is 838. The molecule has 6 heteroatoms. The molecule has 0 aromatic heterocycles. The maximum absolute atomic E-state index is 10.9. The summed E-state index contributed by atoms with van der Waals surface area (Å²) in [6.07, 6.45) is -1.96. The third-order valence-corrected chi connectivity index (χ3v) is 5.57. The maximum Gasteiger partial charge on any atom is 0.187 e. The second-order valence-corrected chi connectivity index (χ2v) is 7.43. The average molecular weight is 386 g/mol. The monoisotopic (exact) mass is 386 g/mol. The lowest BCUT2D eigenvalue weighted by Gasteiger charge is -2.40. The van der Waals surface area contributed by atoms with Crippen LogP contribution in [0.1, 0.15) is 23.6 Å². The van der Waals surface area contributed by atoms with E-state index in [1.807, 2.05) is 56.3 Å². The van der Waals surface area contributed by atoms with Crippen LogP contribution in [0.25, 0.3) is 0 Å². The number of methoxy groups -OCH3 is 2. The molecule has 6 nitrogen and oxygen atoms in total. The van der Waals surface area contributed by atoms with Crippen LogP contribution in [0, 0.1) is 6.92 Å². The largest absolute Gasteiger partial charge is 0.496 e. The fourth-order valence-corrected chi connectivity index (χ4v) is 3.83. The van der Waals surface area contributed by atoms with Gasteiger partial charge in [-0.25, -0.2) is 0 Å². The molecule has 2 heterocycles. The molecule has 0 aliphatic carbocycles. The number of epoxide rings is 1. The van der Waals surface area contributed by atoms with Gasteiger partial charge in [0.2, 0.25) is 0 Å². The van der Waals surface area contributed by atoms with E-state index >= 15 is 0 Å². The SMILES string of the molecule is COc1cc([C@]2(C)O[C@@H](OC)[C@@H]3O[C@@H]3[C@@H]2O)c(OCc2ccccc2)cc1C. The molecule has 0 radical (unpaired) electrons. The summed E-state index contributed by atoms with van der Waals surface area (Å²) >= 11 is 0. The number of rotatable bonds is 6.